The van der Waals surface area contributed by atoms with Gasteiger partial charge in [-0.1, -0.05) is 20.3 Å². The van der Waals surface area contributed by atoms with Crippen LogP contribution in [0.2, 0.25) is 0 Å². The van der Waals surface area contributed by atoms with Gasteiger partial charge >= 0.3 is 0 Å². The molecule has 1 aliphatic rings. The molecule has 0 aliphatic carbocycles. The van der Waals surface area contributed by atoms with E-state index in [0.717, 1.165) is 19.6 Å². The van der Waals surface area contributed by atoms with Gasteiger partial charge in [0.15, 0.2) is 0 Å². The van der Waals surface area contributed by atoms with Crippen LogP contribution >= 0.6 is 0 Å². The van der Waals surface area contributed by atoms with Gasteiger partial charge in [0.1, 0.15) is 0 Å². The van der Waals surface area contributed by atoms with Gasteiger partial charge < -0.3 is 9.84 Å². The molecule has 1 rings (SSSR count). The van der Waals surface area contributed by atoms with Gasteiger partial charge in [-0.15, -0.1) is 0 Å². The van der Waals surface area contributed by atoms with E-state index in [1.165, 1.54) is 12.8 Å². The Bertz CT molecular complexity index is 58.4. The number of hydrogen-bond donors (Lipinski definition) is 1. The van der Waals surface area contributed by atoms with E-state index in [2.05, 4.69) is 6.92 Å². The van der Waals surface area contributed by atoms with Gasteiger partial charge in [0.25, 0.3) is 0 Å². The Kier molecular flexibility index (Phi) is 7.96. The predicted octanol–water partition coefficient (Wildman–Crippen LogP) is 1.82. The number of hydrogen-bond acceptors (Lipinski definition) is 2. The van der Waals surface area contributed by atoms with Crippen LogP contribution in [0.25, 0.3) is 0 Å². The third-order valence-electron chi connectivity index (χ3n) is 1.84. The summed E-state index contributed by atoms with van der Waals surface area (Å²) in [4.78, 5) is 0. The molecule has 2 nitrogen and oxygen atoms in total. The van der Waals surface area contributed by atoms with Crippen LogP contribution in [0.15, 0.2) is 0 Å². The highest BCUT2D eigenvalue weighted by Gasteiger charge is 1.94. The Balaban J connectivity index is 0.000000183. The average molecular weight is 160 g/mol. The zero-order valence-corrected chi connectivity index (χ0v) is 7.68. The van der Waals surface area contributed by atoms with E-state index >= 15 is 0 Å². The van der Waals surface area contributed by atoms with Crippen molar-refractivity contribution < 1.29 is 9.84 Å². The van der Waals surface area contributed by atoms with Gasteiger partial charge in [-0.2, -0.15) is 0 Å². The van der Waals surface area contributed by atoms with E-state index in [4.69, 9.17) is 9.84 Å². The Morgan fingerprint density at radius 2 is 1.91 bits per heavy atom. The van der Waals surface area contributed by atoms with E-state index in [1.54, 1.807) is 0 Å². The van der Waals surface area contributed by atoms with Gasteiger partial charge in [0, 0.05) is 19.8 Å². The fraction of sp³-hybridized carbons (Fsp3) is 1.00. The molecule has 0 aromatic carbocycles. The lowest BCUT2D eigenvalue weighted by atomic mass is 10.1. The van der Waals surface area contributed by atoms with Gasteiger partial charge in [-0.25, -0.2) is 0 Å². The van der Waals surface area contributed by atoms with E-state index in [1.807, 2.05) is 6.92 Å². The molecule has 1 atom stereocenters. The van der Waals surface area contributed by atoms with Crippen LogP contribution in [-0.4, -0.2) is 24.9 Å². The van der Waals surface area contributed by atoms with Crippen LogP contribution in [0.3, 0.4) is 0 Å². The lowest BCUT2D eigenvalue weighted by molar-refractivity contribution is 0.198. The van der Waals surface area contributed by atoms with Gasteiger partial charge in [-0.05, 0) is 18.8 Å². The molecule has 1 unspecified atom stereocenters. The summed E-state index contributed by atoms with van der Waals surface area (Å²) >= 11 is 0. The minimum atomic E-state index is 0.330. The molecule has 1 saturated heterocycles. The van der Waals surface area contributed by atoms with E-state index in [9.17, 15) is 0 Å². The van der Waals surface area contributed by atoms with Crippen molar-refractivity contribution in [3.63, 3.8) is 0 Å². The molecule has 1 heterocycles. The first-order valence-corrected chi connectivity index (χ1v) is 4.49. The van der Waals surface area contributed by atoms with E-state index < -0.39 is 0 Å². The molecule has 0 amide bonds. The highest BCUT2D eigenvalue weighted by Crippen LogP contribution is 1.98. The maximum absolute atomic E-state index is 8.33. The minimum absolute atomic E-state index is 0.330. The van der Waals surface area contributed by atoms with Crippen molar-refractivity contribution in [2.75, 3.05) is 19.8 Å². The van der Waals surface area contributed by atoms with Crippen LogP contribution in [-0.2, 0) is 4.74 Å². The summed E-state index contributed by atoms with van der Waals surface area (Å²) in [5.74, 6) is 0.491. The largest absolute Gasteiger partial charge is 0.396 e. The molecule has 0 aromatic rings. The summed E-state index contributed by atoms with van der Waals surface area (Å²) in [5, 5.41) is 8.33. The van der Waals surface area contributed by atoms with Gasteiger partial charge in [0.2, 0.25) is 0 Å². The second-order valence-electron chi connectivity index (χ2n) is 3.02. The lowest BCUT2D eigenvalue weighted by Gasteiger charge is -1.98. The summed E-state index contributed by atoms with van der Waals surface area (Å²) < 4.78 is 4.94. The number of aliphatic hydroxyl groups excluding tert-OH is 1. The number of aliphatic hydroxyl groups is 1. The second-order valence-corrected chi connectivity index (χ2v) is 3.02. The van der Waals surface area contributed by atoms with Crippen LogP contribution in [0.1, 0.15) is 33.1 Å². The molecular weight excluding hydrogens is 140 g/mol. The predicted molar refractivity (Wildman–Crippen MR) is 46.6 cm³/mol. The third-order valence-corrected chi connectivity index (χ3v) is 1.84. The monoisotopic (exact) mass is 160 g/mol. The second kappa shape index (κ2) is 8.02. The topological polar surface area (TPSA) is 29.5 Å². The molecule has 68 valence electrons. The zero-order valence-electron chi connectivity index (χ0n) is 7.68. The first-order valence-electron chi connectivity index (χ1n) is 4.49. The quantitative estimate of drug-likeness (QED) is 0.667. The van der Waals surface area contributed by atoms with Gasteiger partial charge in [0.05, 0.1) is 0 Å². The number of ether oxygens (including phenoxy) is 1. The van der Waals surface area contributed by atoms with Crippen LogP contribution in [0.5, 0.6) is 0 Å². The molecule has 0 aromatic heterocycles. The van der Waals surface area contributed by atoms with E-state index in [0.29, 0.717) is 12.5 Å². The summed E-state index contributed by atoms with van der Waals surface area (Å²) in [7, 11) is 0. The maximum Gasteiger partial charge on any atom is 0.0466 e. The highest BCUT2D eigenvalue weighted by atomic mass is 16.5. The first kappa shape index (κ1) is 10.9. The summed E-state index contributed by atoms with van der Waals surface area (Å²) in [5.41, 5.74) is 0. The van der Waals surface area contributed by atoms with Crippen molar-refractivity contribution in [2.45, 2.75) is 33.1 Å². The standard InChI is InChI=1S/C5H12O.C4H8O/c1-3-5(2)4-6;1-2-4-5-3-1/h5-6H,3-4H2,1-2H3;1-4H2. The van der Waals surface area contributed by atoms with Crippen molar-refractivity contribution in [1.82, 2.24) is 0 Å². The molecule has 1 N–H and O–H groups in total. The lowest BCUT2D eigenvalue weighted by Crippen LogP contribution is -1.96. The molecule has 1 aliphatic heterocycles. The van der Waals surface area contributed by atoms with Crippen molar-refractivity contribution in [3.8, 4) is 0 Å². The molecule has 0 spiro atoms. The Hall–Kier alpha value is -0.0800. The van der Waals surface area contributed by atoms with Crippen LogP contribution < -0.4 is 0 Å². The van der Waals surface area contributed by atoms with Crippen molar-refractivity contribution in [1.29, 1.82) is 0 Å². The fourth-order valence-corrected chi connectivity index (χ4v) is 0.639. The third kappa shape index (κ3) is 7.82. The molecule has 0 saturated carbocycles. The highest BCUT2D eigenvalue weighted by molar-refractivity contribution is 4.43. The smallest absolute Gasteiger partial charge is 0.0466 e. The van der Waals surface area contributed by atoms with Crippen molar-refractivity contribution in [2.24, 2.45) is 5.92 Å². The SMILES string of the molecule is C1CCOC1.CCC(C)CO. The molecule has 2 heteroatoms. The molecule has 0 radical (unpaired) electrons. The minimum Gasteiger partial charge on any atom is -0.396 e. The molecular formula is C9H20O2. The Labute approximate surface area is 69.6 Å². The van der Waals surface area contributed by atoms with Crippen LogP contribution in [0.4, 0.5) is 0 Å². The number of rotatable bonds is 2. The van der Waals surface area contributed by atoms with Crippen molar-refractivity contribution >= 4 is 0 Å². The Morgan fingerprint density at radius 3 is 2.00 bits per heavy atom. The average Bonchev–Trinajstić information content (AvgIpc) is 2.60. The summed E-state index contributed by atoms with van der Waals surface area (Å²) in [6.45, 7) is 6.43. The normalized spacial score (nSPS) is 18.8. The zero-order chi connectivity index (χ0) is 8.53. The summed E-state index contributed by atoms with van der Waals surface area (Å²) in [6, 6.07) is 0. The summed E-state index contributed by atoms with van der Waals surface area (Å²) in [6.07, 6.45) is 3.64. The maximum atomic E-state index is 8.33. The van der Waals surface area contributed by atoms with Crippen molar-refractivity contribution in [3.05, 3.63) is 0 Å². The molecule has 11 heavy (non-hydrogen) atoms. The molecule has 1 fully saturated rings. The Morgan fingerprint density at radius 1 is 1.36 bits per heavy atom. The van der Waals surface area contributed by atoms with E-state index in [-0.39, 0.29) is 0 Å². The van der Waals surface area contributed by atoms with Gasteiger partial charge in [-0.3, -0.25) is 0 Å². The fourth-order valence-electron chi connectivity index (χ4n) is 0.639. The first-order chi connectivity index (χ1) is 5.31. The molecule has 0 bridgehead atoms. The van der Waals surface area contributed by atoms with Crippen LogP contribution in [0, 0.1) is 5.92 Å².